The quantitative estimate of drug-likeness (QED) is 0.440. The fourth-order valence-electron chi connectivity index (χ4n) is 2.66. The van der Waals surface area contributed by atoms with Gasteiger partial charge in [0.15, 0.2) is 0 Å². The first-order valence-electron chi connectivity index (χ1n) is 8.51. The van der Waals surface area contributed by atoms with E-state index in [0.717, 1.165) is 10.9 Å². The van der Waals surface area contributed by atoms with Crippen LogP contribution in [0.1, 0.15) is 5.56 Å². The van der Waals surface area contributed by atoms with Crippen molar-refractivity contribution in [2.24, 2.45) is 0 Å². The molecule has 3 aromatic rings. The molecule has 0 aliphatic heterocycles. The molecular weight excluding hydrogens is 497 g/mol. The van der Waals surface area contributed by atoms with Gasteiger partial charge in [-0.2, -0.15) is 0 Å². The molecule has 1 aromatic heterocycles. The highest BCUT2D eigenvalue weighted by Crippen LogP contribution is 2.21. The van der Waals surface area contributed by atoms with Crippen LogP contribution in [0.25, 0.3) is 16.8 Å². The second-order valence-corrected chi connectivity index (χ2v) is 8.67. The maximum absolute atomic E-state index is 12.6. The summed E-state index contributed by atoms with van der Waals surface area (Å²) < 4.78 is 29.8. The maximum Gasteiger partial charge on any atom is 0.241 e. The molecule has 0 saturated carbocycles. The normalized spacial score (nSPS) is 11.4. The molecule has 2 aromatic carbocycles. The molecule has 5 nitrogen and oxygen atoms in total. The van der Waals surface area contributed by atoms with Crippen molar-refractivity contribution in [1.29, 1.82) is 0 Å². The number of benzene rings is 2. The summed E-state index contributed by atoms with van der Waals surface area (Å²) in [5.41, 5.74) is 1.13. The molecular formula is C20H22BrCl2N3O2S. The van der Waals surface area contributed by atoms with Gasteiger partial charge in [-0.05, 0) is 17.7 Å². The minimum Gasteiger partial charge on any atom is -0.264 e. The van der Waals surface area contributed by atoms with Crippen LogP contribution in [0.4, 0.5) is 0 Å². The second kappa shape index (κ2) is 12.3. The number of rotatable bonds is 8. The van der Waals surface area contributed by atoms with Gasteiger partial charge >= 0.3 is 0 Å². The van der Waals surface area contributed by atoms with E-state index in [2.05, 4.69) is 25.9 Å². The SMILES string of the molecule is Cl.Cl.O=S(=O)(NCCN(Br)CC=Cc1ccccc1)c1cccc2cnccc12. The van der Waals surface area contributed by atoms with Crippen molar-refractivity contribution in [3.05, 3.63) is 78.6 Å². The first-order chi connectivity index (χ1) is 13.1. The minimum atomic E-state index is -3.59. The Labute approximate surface area is 192 Å². The first kappa shape index (κ1) is 25.6. The molecule has 1 N–H and O–H groups in total. The van der Waals surface area contributed by atoms with Crippen LogP contribution < -0.4 is 4.72 Å². The van der Waals surface area contributed by atoms with Crippen LogP contribution in [-0.4, -0.2) is 37.0 Å². The number of halogens is 3. The van der Waals surface area contributed by atoms with Crippen molar-refractivity contribution in [2.75, 3.05) is 19.6 Å². The Balaban J connectivity index is 0.00000210. The van der Waals surface area contributed by atoms with Gasteiger partial charge in [-0.15, -0.1) is 24.8 Å². The Morgan fingerprint density at radius 2 is 1.79 bits per heavy atom. The van der Waals surface area contributed by atoms with E-state index in [-0.39, 0.29) is 29.7 Å². The standard InChI is InChI=1S/C20H20BrN3O2S.2ClH/c21-24(14-5-8-17-6-2-1-3-7-17)15-13-23-27(25,26)20-10-4-9-18-16-22-12-11-19(18)20;;/h1-12,16,23H,13-15H2;2*1H. The van der Waals surface area contributed by atoms with Crippen molar-refractivity contribution in [3.63, 3.8) is 0 Å². The first-order valence-corrected chi connectivity index (χ1v) is 10.7. The summed E-state index contributed by atoms with van der Waals surface area (Å²) in [5, 5.41) is 1.47. The van der Waals surface area contributed by atoms with Crippen molar-refractivity contribution in [3.8, 4) is 0 Å². The zero-order valence-corrected chi connectivity index (χ0v) is 19.5. The Bertz CT molecular complexity index is 1030. The summed E-state index contributed by atoms with van der Waals surface area (Å²) in [7, 11) is -3.59. The van der Waals surface area contributed by atoms with Gasteiger partial charge in [-0.25, -0.2) is 17.1 Å². The van der Waals surface area contributed by atoms with Crippen molar-refractivity contribution in [1.82, 2.24) is 13.6 Å². The molecule has 0 unspecified atom stereocenters. The summed E-state index contributed by atoms with van der Waals surface area (Å²) in [5.74, 6) is 0. The smallest absolute Gasteiger partial charge is 0.241 e. The van der Waals surface area contributed by atoms with E-state index in [1.54, 1.807) is 30.6 Å². The number of sulfonamides is 1. The van der Waals surface area contributed by atoms with Crippen LogP contribution >= 0.6 is 41.0 Å². The minimum absolute atomic E-state index is 0. The van der Waals surface area contributed by atoms with E-state index in [1.165, 1.54) is 0 Å². The largest absolute Gasteiger partial charge is 0.264 e. The molecule has 0 atom stereocenters. The topological polar surface area (TPSA) is 62.3 Å². The predicted molar refractivity (Wildman–Crippen MR) is 127 cm³/mol. The third kappa shape index (κ3) is 7.37. The van der Waals surface area contributed by atoms with Gasteiger partial charge in [0.05, 0.1) is 4.90 Å². The average Bonchev–Trinajstić information content (AvgIpc) is 2.68. The number of fused-ring (bicyclic) bond motifs is 1. The van der Waals surface area contributed by atoms with E-state index < -0.39 is 10.0 Å². The van der Waals surface area contributed by atoms with E-state index in [9.17, 15) is 8.42 Å². The molecule has 0 amide bonds. The molecule has 9 heteroatoms. The molecule has 156 valence electrons. The lowest BCUT2D eigenvalue weighted by atomic mass is 10.2. The van der Waals surface area contributed by atoms with Gasteiger partial charge in [-0.1, -0.05) is 54.6 Å². The number of pyridine rings is 1. The lowest BCUT2D eigenvalue weighted by Gasteiger charge is -2.13. The summed E-state index contributed by atoms with van der Waals surface area (Å²) in [6.45, 7) is 1.50. The molecule has 0 aliphatic carbocycles. The van der Waals surface area contributed by atoms with E-state index in [1.807, 2.05) is 52.5 Å². The van der Waals surface area contributed by atoms with Gasteiger partial charge in [0.25, 0.3) is 0 Å². The molecule has 0 fully saturated rings. The molecule has 3 rings (SSSR count). The fourth-order valence-corrected chi connectivity index (χ4v) is 4.26. The van der Waals surface area contributed by atoms with E-state index in [0.29, 0.717) is 25.0 Å². The van der Waals surface area contributed by atoms with Gasteiger partial charge in [0.2, 0.25) is 10.0 Å². The molecule has 0 spiro atoms. The molecule has 0 bridgehead atoms. The highest BCUT2D eigenvalue weighted by Gasteiger charge is 2.16. The Kier molecular flexibility index (Phi) is 10.8. The summed E-state index contributed by atoms with van der Waals surface area (Å²) in [6, 6.07) is 16.9. The van der Waals surface area contributed by atoms with Gasteiger partial charge in [-0.3, -0.25) is 4.98 Å². The molecule has 0 aliphatic rings. The third-order valence-corrected chi connectivity index (χ3v) is 6.15. The predicted octanol–water partition coefficient (Wildman–Crippen LogP) is 4.68. The van der Waals surface area contributed by atoms with Crippen LogP contribution in [0.2, 0.25) is 0 Å². The molecule has 0 saturated heterocycles. The maximum atomic E-state index is 12.6. The molecule has 0 radical (unpaired) electrons. The van der Waals surface area contributed by atoms with Crippen LogP contribution in [-0.2, 0) is 10.0 Å². The van der Waals surface area contributed by atoms with Crippen LogP contribution in [0.5, 0.6) is 0 Å². The third-order valence-electron chi connectivity index (χ3n) is 3.99. The van der Waals surface area contributed by atoms with Gasteiger partial charge in [0, 0.05) is 58.9 Å². The van der Waals surface area contributed by atoms with E-state index >= 15 is 0 Å². The summed E-state index contributed by atoms with van der Waals surface area (Å²) in [6.07, 6.45) is 7.31. The van der Waals surface area contributed by atoms with Crippen LogP contribution in [0.3, 0.4) is 0 Å². The Hall–Kier alpha value is -1.48. The average molecular weight is 519 g/mol. The van der Waals surface area contributed by atoms with Crippen molar-refractivity contribution >= 4 is 67.8 Å². The number of nitrogens with one attached hydrogen (secondary N) is 1. The van der Waals surface area contributed by atoms with E-state index in [4.69, 9.17) is 0 Å². The monoisotopic (exact) mass is 517 g/mol. The second-order valence-electron chi connectivity index (χ2n) is 5.93. The number of hydrogen-bond acceptors (Lipinski definition) is 4. The zero-order valence-electron chi connectivity index (χ0n) is 15.4. The molecule has 29 heavy (non-hydrogen) atoms. The van der Waals surface area contributed by atoms with Crippen LogP contribution in [0.15, 0.2) is 78.0 Å². The fraction of sp³-hybridized carbons (Fsp3) is 0.150. The van der Waals surface area contributed by atoms with Gasteiger partial charge < -0.3 is 0 Å². The summed E-state index contributed by atoms with van der Waals surface area (Å²) in [4.78, 5) is 4.31. The lowest BCUT2D eigenvalue weighted by Crippen LogP contribution is -2.31. The zero-order chi connectivity index (χ0) is 19.1. The number of aromatic nitrogens is 1. The highest BCUT2D eigenvalue weighted by molar-refractivity contribution is 9.07. The molecule has 1 heterocycles. The highest BCUT2D eigenvalue weighted by atomic mass is 79.9. The summed E-state index contributed by atoms with van der Waals surface area (Å²) >= 11 is 3.45. The van der Waals surface area contributed by atoms with Crippen LogP contribution in [0, 0.1) is 0 Å². The Morgan fingerprint density at radius 1 is 1.03 bits per heavy atom. The van der Waals surface area contributed by atoms with Crippen molar-refractivity contribution in [2.45, 2.75) is 4.90 Å². The van der Waals surface area contributed by atoms with Crippen molar-refractivity contribution < 1.29 is 8.42 Å². The lowest BCUT2D eigenvalue weighted by molar-refractivity contribution is 0.527. The number of hydrogen-bond donors (Lipinski definition) is 1. The van der Waals surface area contributed by atoms with Gasteiger partial charge in [0.1, 0.15) is 0 Å². The Morgan fingerprint density at radius 3 is 2.55 bits per heavy atom. The number of nitrogens with zero attached hydrogens (tertiary/aromatic N) is 2.